The van der Waals surface area contributed by atoms with Crippen molar-refractivity contribution in [2.75, 3.05) is 0 Å². The molecule has 0 bridgehead atoms. The highest BCUT2D eigenvalue weighted by Gasteiger charge is 2.64. The van der Waals surface area contributed by atoms with E-state index in [2.05, 4.69) is 5.32 Å². The Kier molecular flexibility index (Phi) is 5.28. The highest BCUT2D eigenvalue weighted by Crippen LogP contribution is 2.50. The third-order valence-electron chi connectivity index (χ3n) is 5.48. The number of thioether (sulfide) groups is 1. The molecule has 0 aromatic heterocycles. The van der Waals surface area contributed by atoms with Gasteiger partial charge in [-0.3, -0.25) is 9.59 Å². The molecule has 33 heavy (non-hydrogen) atoms. The second-order valence-corrected chi connectivity index (χ2v) is 11.3. The summed E-state index contributed by atoms with van der Waals surface area (Å²) < 4.78 is 25.6. The first-order valence-electron chi connectivity index (χ1n) is 9.60. The van der Waals surface area contributed by atoms with Crippen LogP contribution in [0.2, 0.25) is 0 Å². The standard InChI is InChI=1S/C18H19N5O8S2/c1-18(2)11(15(26)27)23-13(25)9(14(23)32-18)19-12(24)10(8-6-4-3-5-7-8)22-16(28)20-33(30,31)21-17(22)29/h3-7,9-11,14H,1-2H3,(H,19,24)(H,20,28)(H,21,29)(H,26,27)/t9-,10?,11+,14-/m1/s1. The Morgan fingerprint density at radius 3 is 2.24 bits per heavy atom. The second-order valence-electron chi connectivity index (χ2n) is 8.09. The van der Waals surface area contributed by atoms with Gasteiger partial charge in [-0.05, 0) is 19.4 Å². The summed E-state index contributed by atoms with van der Waals surface area (Å²) in [5.41, 5.74) is 0.186. The van der Waals surface area contributed by atoms with Gasteiger partial charge < -0.3 is 15.3 Å². The van der Waals surface area contributed by atoms with Crippen LogP contribution in [0.5, 0.6) is 0 Å². The van der Waals surface area contributed by atoms with E-state index in [0.29, 0.717) is 4.90 Å². The van der Waals surface area contributed by atoms with Crippen LogP contribution >= 0.6 is 11.8 Å². The Bertz CT molecular complexity index is 1150. The van der Waals surface area contributed by atoms with Crippen LogP contribution in [0, 0.1) is 0 Å². The van der Waals surface area contributed by atoms with Gasteiger partial charge in [0.05, 0.1) is 0 Å². The quantitative estimate of drug-likeness (QED) is 0.384. The van der Waals surface area contributed by atoms with Gasteiger partial charge in [-0.25, -0.2) is 28.7 Å². The van der Waals surface area contributed by atoms with Crippen molar-refractivity contribution in [3.63, 3.8) is 0 Å². The lowest BCUT2D eigenvalue weighted by atomic mass is 9.95. The van der Waals surface area contributed by atoms with Crippen molar-refractivity contribution in [3.05, 3.63) is 35.9 Å². The molecule has 3 fully saturated rings. The fourth-order valence-corrected chi connectivity index (χ4v) is 6.44. The molecule has 1 unspecified atom stereocenters. The minimum Gasteiger partial charge on any atom is -0.480 e. The molecular formula is C18H19N5O8S2. The van der Waals surface area contributed by atoms with Gasteiger partial charge in [-0.1, -0.05) is 30.3 Å². The van der Waals surface area contributed by atoms with Crippen LogP contribution in [-0.2, 0) is 24.6 Å². The first kappa shape index (κ1) is 22.8. The maximum atomic E-state index is 13.3. The minimum absolute atomic E-state index is 0.186. The fraction of sp³-hybridized carbons (Fsp3) is 0.389. The van der Waals surface area contributed by atoms with Gasteiger partial charge in [-0.15, -0.1) is 11.8 Å². The molecular weight excluding hydrogens is 478 g/mol. The van der Waals surface area contributed by atoms with E-state index in [1.54, 1.807) is 41.5 Å². The zero-order chi connectivity index (χ0) is 24.3. The van der Waals surface area contributed by atoms with Gasteiger partial charge in [0.2, 0.25) is 11.8 Å². The summed E-state index contributed by atoms with van der Waals surface area (Å²) in [7, 11) is -4.41. The summed E-state index contributed by atoms with van der Waals surface area (Å²) in [4.78, 5) is 64.0. The Labute approximate surface area is 192 Å². The number of fused-ring (bicyclic) bond motifs is 1. The number of β-lactam (4-membered cyclic amide) rings is 1. The minimum atomic E-state index is -4.41. The first-order valence-corrected chi connectivity index (χ1v) is 12.0. The molecule has 3 aliphatic heterocycles. The molecule has 0 radical (unpaired) electrons. The predicted molar refractivity (Wildman–Crippen MR) is 113 cm³/mol. The normalized spacial score (nSPS) is 28.2. The Morgan fingerprint density at radius 1 is 1.12 bits per heavy atom. The van der Waals surface area contributed by atoms with Crippen molar-refractivity contribution < 1.29 is 37.5 Å². The van der Waals surface area contributed by atoms with Crippen LogP contribution in [0.15, 0.2) is 30.3 Å². The number of carbonyl (C=O) groups excluding carboxylic acids is 4. The highest BCUT2D eigenvalue weighted by atomic mass is 32.2. The number of carbonyl (C=O) groups is 5. The summed E-state index contributed by atoms with van der Waals surface area (Å²) in [6.45, 7) is 3.35. The molecule has 3 aliphatic rings. The van der Waals surface area contributed by atoms with Crippen LogP contribution < -0.4 is 14.8 Å². The van der Waals surface area contributed by atoms with E-state index in [9.17, 15) is 37.5 Å². The molecule has 4 rings (SSSR count). The summed E-state index contributed by atoms with van der Waals surface area (Å²) in [5, 5.41) is 11.4. The first-order chi connectivity index (χ1) is 15.3. The van der Waals surface area contributed by atoms with Gasteiger partial charge >= 0.3 is 28.2 Å². The average molecular weight is 498 g/mol. The monoisotopic (exact) mass is 497 g/mol. The number of nitrogens with one attached hydrogen (secondary N) is 3. The smallest absolute Gasteiger partial charge is 0.341 e. The molecule has 0 spiro atoms. The van der Waals surface area contributed by atoms with Crippen molar-refractivity contribution in [2.24, 2.45) is 0 Å². The lowest BCUT2D eigenvalue weighted by Crippen LogP contribution is -2.71. The largest absolute Gasteiger partial charge is 0.480 e. The zero-order valence-electron chi connectivity index (χ0n) is 17.2. The van der Waals surface area contributed by atoms with E-state index in [1.165, 1.54) is 28.8 Å². The maximum Gasteiger partial charge on any atom is 0.341 e. The third kappa shape index (κ3) is 3.76. The molecule has 3 heterocycles. The predicted octanol–water partition coefficient (Wildman–Crippen LogP) is -0.661. The fourth-order valence-electron chi connectivity index (χ4n) is 4.11. The Morgan fingerprint density at radius 2 is 1.70 bits per heavy atom. The van der Waals surface area contributed by atoms with Gasteiger partial charge in [0, 0.05) is 4.75 Å². The van der Waals surface area contributed by atoms with E-state index >= 15 is 0 Å². The Hall–Kier alpha value is -3.33. The summed E-state index contributed by atoms with van der Waals surface area (Å²) >= 11 is 1.21. The van der Waals surface area contributed by atoms with Crippen LogP contribution in [-0.4, -0.2) is 75.4 Å². The molecule has 6 amide bonds. The second kappa shape index (κ2) is 7.62. The number of benzene rings is 1. The molecule has 13 nitrogen and oxygen atoms in total. The maximum absolute atomic E-state index is 13.3. The van der Waals surface area contributed by atoms with Crippen LogP contribution in [0.1, 0.15) is 25.5 Å². The van der Waals surface area contributed by atoms with E-state index in [4.69, 9.17) is 0 Å². The van der Waals surface area contributed by atoms with Crippen molar-refractivity contribution >= 4 is 51.8 Å². The molecule has 15 heteroatoms. The van der Waals surface area contributed by atoms with Crippen LogP contribution in [0.3, 0.4) is 0 Å². The molecule has 4 atom stereocenters. The number of amides is 6. The molecule has 1 aromatic carbocycles. The summed E-state index contributed by atoms with van der Waals surface area (Å²) in [5.74, 6) is -2.69. The van der Waals surface area contributed by atoms with Gasteiger partial charge in [0.15, 0.2) is 0 Å². The number of hydrogen-bond acceptors (Lipinski definition) is 8. The molecule has 3 saturated heterocycles. The van der Waals surface area contributed by atoms with Crippen molar-refractivity contribution in [1.29, 1.82) is 0 Å². The number of hydrogen-bond donors (Lipinski definition) is 4. The number of carboxylic acids is 1. The van der Waals surface area contributed by atoms with Crippen molar-refractivity contribution in [3.8, 4) is 0 Å². The van der Waals surface area contributed by atoms with Crippen LogP contribution in [0.25, 0.3) is 0 Å². The zero-order valence-corrected chi connectivity index (χ0v) is 18.8. The number of imide groups is 1. The lowest BCUT2D eigenvalue weighted by molar-refractivity contribution is -0.161. The van der Waals surface area contributed by atoms with E-state index in [0.717, 1.165) is 0 Å². The average Bonchev–Trinajstić information content (AvgIpc) is 2.96. The molecule has 176 valence electrons. The molecule has 0 saturated carbocycles. The summed E-state index contributed by atoms with van der Waals surface area (Å²) in [6, 6.07) is 1.20. The van der Waals surface area contributed by atoms with Gasteiger partial charge in [0.25, 0.3) is 0 Å². The molecule has 4 N–H and O–H groups in total. The highest BCUT2D eigenvalue weighted by molar-refractivity contribution is 8.01. The molecule has 0 aliphatic carbocycles. The van der Waals surface area contributed by atoms with Crippen molar-refractivity contribution in [2.45, 2.75) is 42.1 Å². The number of rotatable bonds is 5. The van der Waals surface area contributed by atoms with Crippen LogP contribution in [0.4, 0.5) is 9.59 Å². The van der Waals surface area contributed by atoms with E-state index < -0.39 is 68.3 Å². The van der Waals surface area contributed by atoms with E-state index in [1.807, 2.05) is 0 Å². The topological polar surface area (TPSA) is 182 Å². The number of carboxylic acid groups (broad SMARTS) is 1. The SMILES string of the molecule is CC1(C)S[C@@H]2[C@H](NC(=O)C(c3ccccc3)N3C(=O)NS(=O)(=O)NC3=O)C(=O)N2[C@H]1C(=O)O. The lowest BCUT2D eigenvalue weighted by Gasteiger charge is -2.44. The van der Waals surface area contributed by atoms with Crippen molar-refractivity contribution in [1.82, 2.24) is 24.6 Å². The van der Waals surface area contributed by atoms with Gasteiger partial charge in [0.1, 0.15) is 23.5 Å². The summed E-state index contributed by atoms with van der Waals surface area (Å²) in [6.07, 6.45) is 0. The third-order valence-corrected chi connectivity index (χ3v) is 7.93. The number of nitrogens with zero attached hydrogens (tertiary/aromatic N) is 2. The number of aliphatic carboxylic acids is 1. The molecule has 1 aromatic rings. The Balaban J connectivity index is 1.62. The van der Waals surface area contributed by atoms with E-state index in [-0.39, 0.29) is 5.56 Å². The van der Waals surface area contributed by atoms with Gasteiger partial charge in [-0.2, -0.15) is 8.42 Å². The number of urea groups is 2.